The largest absolute Gasteiger partial charge is 0.357 e. The van der Waals surface area contributed by atoms with E-state index in [1.165, 1.54) is 11.8 Å². The lowest BCUT2D eigenvalue weighted by atomic mass is 10.2. The first-order valence-electron chi connectivity index (χ1n) is 8.43. The van der Waals surface area contributed by atoms with Crippen LogP contribution in [0.4, 0.5) is 5.69 Å². The van der Waals surface area contributed by atoms with Gasteiger partial charge in [-0.2, -0.15) is 0 Å². The van der Waals surface area contributed by atoms with Gasteiger partial charge in [0.1, 0.15) is 5.01 Å². The summed E-state index contributed by atoms with van der Waals surface area (Å²) >= 11 is 1.72. The van der Waals surface area contributed by atoms with Crippen LogP contribution in [-0.2, 0) is 24.3 Å². The highest BCUT2D eigenvalue weighted by Gasteiger charge is 2.03. The third-order valence-corrected chi connectivity index (χ3v) is 4.51. The molecule has 1 heterocycles. The Morgan fingerprint density at radius 2 is 2.12 bits per heavy atom. The Bertz CT molecular complexity index is 726. The lowest BCUT2D eigenvalue weighted by Gasteiger charge is -2.10. The van der Waals surface area contributed by atoms with Gasteiger partial charge in [0.2, 0.25) is 5.91 Å². The Labute approximate surface area is 152 Å². The minimum atomic E-state index is -0.0782. The van der Waals surface area contributed by atoms with Crippen LogP contribution in [0.5, 0.6) is 0 Å². The van der Waals surface area contributed by atoms with E-state index >= 15 is 0 Å². The molecule has 6 nitrogen and oxygen atoms in total. The molecule has 2 aromatic rings. The number of aliphatic imine (C=N–C) groups is 1. The number of anilines is 1. The van der Waals surface area contributed by atoms with Gasteiger partial charge in [0, 0.05) is 30.2 Å². The van der Waals surface area contributed by atoms with Crippen LogP contribution < -0.4 is 16.0 Å². The summed E-state index contributed by atoms with van der Waals surface area (Å²) in [4.78, 5) is 21.5. The number of rotatable bonds is 7. The van der Waals surface area contributed by atoms with E-state index in [0.717, 1.165) is 35.2 Å². The average molecular weight is 359 g/mol. The summed E-state index contributed by atoms with van der Waals surface area (Å²) in [5.74, 6) is 0.672. The van der Waals surface area contributed by atoms with Gasteiger partial charge in [0.25, 0.3) is 0 Å². The van der Waals surface area contributed by atoms with E-state index in [9.17, 15) is 4.79 Å². The topological polar surface area (TPSA) is 78.4 Å². The molecule has 1 aromatic heterocycles. The molecule has 7 heteroatoms. The minimum absolute atomic E-state index is 0.0782. The molecule has 0 bridgehead atoms. The summed E-state index contributed by atoms with van der Waals surface area (Å²) in [5, 5.41) is 10.4. The number of carbonyl (C=O) groups is 1. The number of aryl methyl sites for hydroxylation is 1. The van der Waals surface area contributed by atoms with E-state index < -0.39 is 0 Å². The first-order chi connectivity index (χ1) is 12.1. The van der Waals surface area contributed by atoms with Crippen LogP contribution in [0.1, 0.15) is 36.2 Å². The molecule has 0 aliphatic carbocycles. The van der Waals surface area contributed by atoms with E-state index in [0.29, 0.717) is 13.1 Å². The average Bonchev–Trinajstić information content (AvgIpc) is 3.05. The smallest absolute Gasteiger partial charge is 0.221 e. The van der Waals surface area contributed by atoms with Gasteiger partial charge in [-0.05, 0) is 31.0 Å². The summed E-state index contributed by atoms with van der Waals surface area (Å²) < 4.78 is 0. The van der Waals surface area contributed by atoms with Gasteiger partial charge >= 0.3 is 0 Å². The molecule has 3 N–H and O–H groups in total. The number of benzene rings is 1. The number of carbonyl (C=O) groups excluding carboxylic acids is 1. The maximum Gasteiger partial charge on any atom is 0.221 e. The van der Waals surface area contributed by atoms with Crippen LogP contribution in [-0.4, -0.2) is 23.4 Å². The van der Waals surface area contributed by atoms with E-state index in [1.54, 1.807) is 11.3 Å². The fourth-order valence-corrected chi connectivity index (χ4v) is 3.02. The molecule has 0 fully saturated rings. The lowest BCUT2D eigenvalue weighted by Crippen LogP contribution is -2.36. The number of nitrogens with zero attached hydrogens (tertiary/aromatic N) is 2. The highest BCUT2D eigenvalue weighted by atomic mass is 32.1. The normalized spacial score (nSPS) is 11.2. The second-order valence-electron chi connectivity index (χ2n) is 5.50. The molecule has 0 spiro atoms. The third-order valence-electron chi connectivity index (χ3n) is 3.37. The first kappa shape index (κ1) is 18.9. The number of hydrogen-bond acceptors (Lipinski definition) is 4. The van der Waals surface area contributed by atoms with Crippen molar-refractivity contribution in [3.05, 3.63) is 45.9 Å². The van der Waals surface area contributed by atoms with E-state index in [-0.39, 0.29) is 5.91 Å². The standard InChI is InChI=1S/C18H25N5OS/c1-4-16-11-20-17(25-16)12-22-18(19-5-2)21-10-14-7-6-8-15(9-14)23-13(3)24/h6-9,11H,4-5,10,12H2,1-3H3,(H,23,24)(H2,19,21,22). The maximum atomic E-state index is 11.2. The van der Waals surface area contributed by atoms with E-state index in [1.807, 2.05) is 37.4 Å². The van der Waals surface area contributed by atoms with Crippen molar-refractivity contribution in [1.82, 2.24) is 15.6 Å². The number of amides is 1. The van der Waals surface area contributed by atoms with Crippen molar-refractivity contribution in [3.63, 3.8) is 0 Å². The number of hydrogen-bond donors (Lipinski definition) is 3. The molecule has 0 aliphatic heterocycles. The van der Waals surface area contributed by atoms with Gasteiger partial charge in [-0.1, -0.05) is 19.1 Å². The maximum absolute atomic E-state index is 11.2. The highest BCUT2D eigenvalue weighted by Crippen LogP contribution is 2.13. The molecule has 0 aliphatic rings. The Morgan fingerprint density at radius 1 is 1.28 bits per heavy atom. The number of thiazole rings is 1. The fourth-order valence-electron chi connectivity index (χ4n) is 2.22. The fraction of sp³-hybridized carbons (Fsp3) is 0.389. The Kier molecular flexibility index (Phi) is 7.40. The molecular weight excluding hydrogens is 334 g/mol. The van der Waals surface area contributed by atoms with Crippen molar-refractivity contribution >= 4 is 28.9 Å². The van der Waals surface area contributed by atoms with Gasteiger partial charge in [-0.3, -0.25) is 4.79 Å². The third kappa shape index (κ3) is 6.54. The highest BCUT2D eigenvalue weighted by molar-refractivity contribution is 7.11. The Morgan fingerprint density at radius 3 is 2.80 bits per heavy atom. The summed E-state index contributed by atoms with van der Waals surface area (Å²) in [5.41, 5.74) is 1.82. The zero-order valence-corrected chi connectivity index (χ0v) is 15.7. The molecule has 0 saturated carbocycles. The molecule has 1 aromatic carbocycles. The van der Waals surface area contributed by atoms with Crippen molar-refractivity contribution in [3.8, 4) is 0 Å². The molecule has 1 amide bonds. The van der Waals surface area contributed by atoms with Gasteiger partial charge in [-0.25, -0.2) is 9.98 Å². The van der Waals surface area contributed by atoms with Gasteiger partial charge in [0.15, 0.2) is 5.96 Å². The SMILES string of the molecule is CCNC(=NCc1cccc(NC(C)=O)c1)NCc1ncc(CC)s1. The van der Waals surface area contributed by atoms with Crippen LogP contribution in [0, 0.1) is 0 Å². The summed E-state index contributed by atoms with van der Waals surface area (Å²) in [7, 11) is 0. The molecule has 0 atom stereocenters. The summed E-state index contributed by atoms with van der Waals surface area (Å²) in [6.07, 6.45) is 2.94. The molecule has 2 rings (SSSR count). The lowest BCUT2D eigenvalue weighted by molar-refractivity contribution is -0.114. The van der Waals surface area contributed by atoms with E-state index in [4.69, 9.17) is 0 Å². The zero-order chi connectivity index (χ0) is 18.1. The monoisotopic (exact) mass is 359 g/mol. The van der Waals surface area contributed by atoms with Crippen LogP contribution in [0.2, 0.25) is 0 Å². The van der Waals surface area contributed by atoms with Crippen LogP contribution in [0.15, 0.2) is 35.5 Å². The number of nitrogens with one attached hydrogen (secondary N) is 3. The Balaban J connectivity index is 1.97. The van der Waals surface area contributed by atoms with E-state index in [2.05, 4.69) is 32.9 Å². The van der Waals surface area contributed by atoms with Gasteiger partial charge < -0.3 is 16.0 Å². The molecule has 0 unspecified atom stereocenters. The zero-order valence-electron chi connectivity index (χ0n) is 14.9. The van der Waals surface area contributed by atoms with Crippen molar-refractivity contribution in [2.75, 3.05) is 11.9 Å². The Hall–Kier alpha value is -2.41. The molecule has 0 radical (unpaired) electrons. The second-order valence-corrected chi connectivity index (χ2v) is 6.70. The van der Waals surface area contributed by atoms with Crippen molar-refractivity contribution < 1.29 is 4.79 Å². The summed E-state index contributed by atoms with van der Waals surface area (Å²) in [6.45, 7) is 7.64. The molecular formula is C18H25N5OS. The van der Waals surface area contributed by atoms with Gasteiger partial charge in [-0.15, -0.1) is 11.3 Å². The number of aromatic nitrogens is 1. The second kappa shape index (κ2) is 9.78. The van der Waals surface area contributed by atoms with Crippen molar-refractivity contribution in [2.24, 2.45) is 4.99 Å². The molecule has 134 valence electrons. The van der Waals surface area contributed by atoms with Gasteiger partial charge in [0.05, 0.1) is 13.1 Å². The minimum Gasteiger partial charge on any atom is -0.357 e. The number of guanidine groups is 1. The van der Waals surface area contributed by atoms with Crippen LogP contribution in [0.3, 0.4) is 0 Å². The quantitative estimate of drug-likeness (QED) is 0.525. The van der Waals surface area contributed by atoms with Crippen molar-refractivity contribution in [1.29, 1.82) is 0 Å². The molecule has 25 heavy (non-hydrogen) atoms. The van der Waals surface area contributed by atoms with Crippen molar-refractivity contribution in [2.45, 2.75) is 40.3 Å². The predicted octanol–water partition coefficient (Wildman–Crippen LogP) is 2.92. The van der Waals surface area contributed by atoms with Crippen LogP contribution in [0.25, 0.3) is 0 Å². The predicted molar refractivity (Wildman–Crippen MR) is 104 cm³/mol. The first-order valence-corrected chi connectivity index (χ1v) is 9.24. The summed E-state index contributed by atoms with van der Waals surface area (Å²) in [6, 6.07) is 7.71. The molecule has 0 saturated heterocycles. The van der Waals surface area contributed by atoms with Crippen LogP contribution >= 0.6 is 11.3 Å².